The summed E-state index contributed by atoms with van der Waals surface area (Å²) in [4.78, 5) is 332. The molecule has 143 heavy (non-hydrogen) atoms. The fourth-order valence-electron chi connectivity index (χ4n) is 17.8. The van der Waals surface area contributed by atoms with Crippen LogP contribution in [0.25, 0.3) is 10.8 Å². The number of thioether (sulfide) groups is 3. The normalized spacial score (nSPS) is 27.0. The van der Waals surface area contributed by atoms with E-state index in [1.165, 1.54) is 92.9 Å². The first-order chi connectivity index (χ1) is 67.4. The highest BCUT2D eigenvalue weighted by Gasteiger charge is 2.69. The molecule has 17 atom stereocenters. The lowest BCUT2D eigenvalue weighted by atomic mass is 9.71. The van der Waals surface area contributed by atoms with Crippen LogP contribution in [0.2, 0.25) is 0 Å². The lowest BCUT2D eigenvalue weighted by molar-refractivity contribution is -0.142. The number of hydrogen-bond donors (Lipinski definition) is 19. The van der Waals surface area contributed by atoms with E-state index in [0.29, 0.717) is 21.9 Å². The number of aromatic hydroxyl groups is 1. The average Bonchev–Trinajstić information content (AvgIpc) is 1.52. The Morgan fingerprint density at radius 3 is 1.38 bits per heavy atom. The van der Waals surface area contributed by atoms with Gasteiger partial charge in [0, 0.05) is 130 Å². The molecule has 4 aromatic carbocycles. The van der Waals surface area contributed by atoms with Crippen LogP contribution in [0.4, 0.5) is 0 Å². The number of nitrogens with two attached hydrogens (primary N) is 3. The summed E-state index contributed by atoms with van der Waals surface area (Å²) in [5, 5.41) is 79.1. The Morgan fingerprint density at radius 2 is 0.867 bits per heavy atom. The third-order valence-electron chi connectivity index (χ3n) is 25.5. The molecular weight excluding hydrogens is 1920 g/mol. The number of carbonyl (C=O) groups is 23. The molecule has 0 aromatic heterocycles. The quantitative estimate of drug-likeness (QED) is 0.0354. The molecule has 7 aliphatic heterocycles. The van der Waals surface area contributed by atoms with Crippen molar-refractivity contribution in [3.63, 3.8) is 0 Å². The van der Waals surface area contributed by atoms with Gasteiger partial charge in [-0.25, -0.2) is 0 Å². The van der Waals surface area contributed by atoms with Gasteiger partial charge in [0.2, 0.25) is 94.5 Å². The SMILES string of the molecule is C[C@H](N)C(=O)C[C@H]1CSCCC(=O)N2CC34CN5CC3(C2)CN(C4)C(=O)CSC[C@H](NC(=O)[C@@H](C)NC(=O)[C@H](Cc2cccc3ccccc23)CC(=O)[C@H](CCC(=O)O)NC(=O)[C@H](CC(N)=O)NC(=O)[C@@H](C)NC1=O)C(=O)N[C@@H](CCC(=O)O)C(=O)N[C@@H](CC(=O)O)C(=O)N[C@@H](Cc1ccccc1)C(=O)N[C@@H](Cc1ccc(O)cc1)C(=O)N[C@@H](CC(=O)O)C(=O)N[C@@H](C(C)(C)C)C(=O)C[C@H](C(N)=O)CSCC5=O. The van der Waals surface area contributed by atoms with E-state index in [-0.39, 0.29) is 86.4 Å². The molecule has 22 N–H and O–H groups in total. The standard InChI is InChI=1S/C95H123N17O28S3/c1-49(96)69(114)34-58-39-141-28-27-73(118)110-43-94-45-111-46-95(94,44-110)48-112(47-94)75(120)42-143-40-68(108-83(131)51(3)99-84(132)56(31-55-17-12-16-54-15-10-11-18-60(54)55)32-70(115)61(23-25-76(121)122)101-89(137)65(35-72(97)117)103-82(130)50(2)100-85(58)133)92(140)102-62(24-26-77(123)124)86(134)106-66(36-78(125)126)90(138)105-63(29-52-13-8-7-9-14-52)87(135)104-64(30-53-19-21-59(113)22-20-53)88(136)107-67(37-79(127)128)91(139)109-80(93(4,5)6)71(116)33-57(81(98)129)38-142-41-74(111)119/h7-22,49-51,56-58,61-68,80,113H,23-48,96H2,1-6H3,(H2,97,117)(H2,98,129)(H,99,132)(H,100,133)(H,101,137)(H,102,140)(H,103,130)(H,104,135)(H,105,138)(H,106,134)(H,107,136)(H,108,131)(H,109,139)(H,121,122)(H,123,124)(H,125,126)(H,127,128)/t49-,50+,51+,56+,57-,58-,61-,62-,63-,64-,65-,66-,67-,68-,80+,94?,95?/m0/s1. The molecule has 11 rings (SSSR count). The second-order valence-electron chi connectivity index (χ2n) is 37.8. The van der Waals surface area contributed by atoms with Crippen LogP contribution in [0.1, 0.15) is 129 Å². The summed E-state index contributed by atoms with van der Waals surface area (Å²) < 4.78 is 0. The molecule has 0 radical (unpaired) electrons. The number of nitrogens with zero attached hydrogens (tertiary/aromatic N) is 3. The Balaban J connectivity index is 1.14. The van der Waals surface area contributed by atoms with Crippen molar-refractivity contribution in [3.8, 4) is 5.75 Å². The van der Waals surface area contributed by atoms with E-state index < -0.39 is 331 Å². The number of nitrogens with one attached hydrogen (secondary N) is 11. The zero-order valence-corrected chi connectivity index (χ0v) is 82.2. The highest BCUT2D eigenvalue weighted by molar-refractivity contribution is 8.00. The van der Waals surface area contributed by atoms with Gasteiger partial charge >= 0.3 is 23.9 Å². The molecule has 7 saturated heterocycles. The first-order valence-corrected chi connectivity index (χ1v) is 49.9. The van der Waals surface area contributed by atoms with Gasteiger partial charge in [-0.05, 0) is 85.0 Å². The first kappa shape index (κ1) is 113. The summed E-state index contributed by atoms with van der Waals surface area (Å²) in [6.45, 7) is 7.75. The molecule has 48 heteroatoms. The van der Waals surface area contributed by atoms with E-state index in [4.69, 9.17) is 17.2 Å². The van der Waals surface area contributed by atoms with Gasteiger partial charge in [0.1, 0.15) is 65.9 Å². The number of carboxylic acids is 4. The third-order valence-corrected chi connectivity index (χ3v) is 28.8. The molecule has 2 unspecified atom stereocenters. The Labute approximate surface area is 834 Å². The fourth-order valence-corrected chi connectivity index (χ4v) is 20.8. The Morgan fingerprint density at radius 1 is 0.427 bits per heavy atom. The molecule has 7 fully saturated rings. The minimum Gasteiger partial charge on any atom is -0.508 e. The second-order valence-corrected chi connectivity index (χ2v) is 41.1. The van der Waals surface area contributed by atoms with Gasteiger partial charge in [-0.2, -0.15) is 23.5 Å². The molecule has 7 aliphatic rings. The van der Waals surface area contributed by atoms with Gasteiger partial charge in [0.05, 0.1) is 60.7 Å². The van der Waals surface area contributed by atoms with E-state index in [1.54, 1.807) is 53.4 Å². The van der Waals surface area contributed by atoms with Crippen LogP contribution in [-0.4, -0.2) is 322 Å². The van der Waals surface area contributed by atoms with Crippen molar-refractivity contribution in [3.05, 3.63) is 114 Å². The number of phenols is 1. The number of carboxylic acid groups (broad SMARTS) is 4. The van der Waals surface area contributed by atoms with Gasteiger partial charge in [-0.1, -0.05) is 106 Å². The number of benzene rings is 4. The summed E-state index contributed by atoms with van der Waals surface area (Å²) in [5.74, 6) is -32.3. The maximum atomic E-state index is 15.4. The minimum absolute atomic E-state index is 0.0168. The Kier molecular flexibility index (Phi) is 40.6. The molecule has 774 valence electrons. The predicted molar refractivity (Wildman–Crippen MR) is 517 cm³/mol. The van der Waals surface area contributed by atoms with Gasteiger partial charge < -0.3 is 116 Å². The van der Waals surface area contributed by atoms with Crippen molar-refractivity contribution < 1.29 is 136 Å². The molecule has 4 aromatic rings. The van der Waals surface area contributed by atoms with Crippen LogP contribution >= 0.6 is 35.3 Å². The highest BCUT2D eigenvalue weighted by atomic mass is 32.2. The number of amides is 16. The van der Waals surface area contributed by atoms with Crippen LogP contribution < -0.4 is 75.7 Å². The molecule has 0 saturated carbocycles. The molecule has 6 bridgehead atoms. The number of phenolic OH excluding ortho intramolecular Hbond substituents is 1. The number of fused-ring (bicyclic) bond motifs is 47. The number of primary amides is 2. The van der Waals surface area contributed by atoms with Crippen LogP contribution in [0.3, 0.4) is 0 Å². The van der Waals surface area contributed by atoms with Gasteiger partial charge in [-0.3, -0.25) is 110 Å². The molecular formula is C95H123N17O28S3. The zero-order valence-electron chi connectivity index (χ0n) is 79.7. The van der Waals surface area contributed by atoms with Gasteiger partial charge in [0.25, 0.3) is 0 Å². The lowest BCUT2D eigenvalue weighted by Gasteiger charge is -2.33. The van der Waals surface area contributed by atoms with Crippen molar-refractivity contribution in [2.24, 2.45) is 51.2 Å². The number of carbonyl (C=O) groups excluding carboxylic acids is 19. The van der Waals surface area contributed by atoms with Crippen molar-refractivity contribution in [1.82, 2.24) is 73.2 Å². The zero-order chi connectivity index (χ0) is 105. The highest BCUT2D eigenvalue weighted by Crippen LogP contribution is 2.57. The van der Waals surface area contributed by atoms with Crippen LogP contribution in [-0.2, 0) is 130 Å². The van der Waals surface area contributed by atoms with Crippen LogP contribution in [0, 0.1) is 34.0 Å². The maximum absolute atomic E-state index is 15.4. The van der Waals surface area contributed by atoms with Crippen molar-refractivity contribution in [2.75, 3.05) is 73.8 Å². The number of aliphatic carboxylic acids is 4. The monoisotopic (exact) mass is 2050 g/mol. The number of hydrogen-bond acceptors (Lipinski definition) is 28. The molecule has 7 heterocycles. The maximum Gasteiger partial charge on any atom is 0.305 e. The Bertz CT molecular complexity index is 5470. The summed E-state index contributed by atoms with van der Waals surface area (Å²) >= 11 is 2.73. The van der Waals surface area contributed by atoms with E-state index >= 15 is 33.6 Å². The van der Waals surface area contributed by atoms with Crippen molar-refractivity contribution >= 4 is 182 Å². The molecule has 16 amide bonds. The summed E-state index contributed by atoms with van der Waals surface area (Å²) in [6, 6.07) is 2.77. The molecule has 0 aliphatic carbocycles. The predicted octanol–water partition coefficient (Wildman–Crippen LogP) is -2.78. The van der Waals surface area contributed by atoms with E-state index in [2.05, 4.69) is 58.5 Å². The fraction of sp³-hybridized carbons (Fsp3) is 0.526. The summed E-state index contributed by atoms with van der Waals surface area (Å²) in [6.07, 6.45) is -10.2. The number of ketones is 3. The Hall–Kier alpha value is -13.6. The van der Waals surface area contributed by atoms with Gasteiger partial charge in [-0.15, -0.1) is 11.8 Å². The van der Waals surface area contributed by atoms with Crippen LogP contribution in [0.15, 0.2) is 97.1 Å². The van der Waals surface area contributed by atoms with Gasteiger partial charge in [0.15, 0.2) is 11.6 Å². The second kappa shape index (κ2) is 51.4. The molecule has 2 spiro atoms. The topological polar surface area (TPSA) is 714 Å². The van der Waals surface area contributed by atoms with E-state index in [1.807, 2.05) is 0 Å². The molecule has 45 nitrogen and oxygen atoms in total. The van der Waals surface area contributed by atoms with Crippen LogP contribution in [0.5, 0.6) is 5.75 Å². The summed E-state index contributed by atoms with van der Waals surface area (Å²) in [7, 11) is 0. The lowest BCUT2D eigenvalue weighted by Crippen LogP contribution is -2.61. The smallest absolute Gasteiger partial charge is 0.305 e. The minimum atomic E-state index is -2.27. The number of rotatable bonds is 22. The van der Waals surface area contributed by atoms with E-state index in [9.17, 15) is 102 Å². The summed E-state index contributed by atoms with van der Waals surface area (Å²) in [5.41, 5.74) is 15.0. The number of Topliss-reactive ketones (excluding diaryl/α,β-unsaturated/α-hetero) is 3. The first-order valence-electron chi connectivity index (χ1n) is 46.4. The van der Waals surface area contributed by atoms with E-state index in [0.717, 1.165) is 42.2 Å². The van der Waals surface area contributed by atoms with Crippen molar-refractivity contribution in [2.45, 2.75) is 204 Å². The largest absolute Gasteiger partial charge is 0.508 e. The van der Waals surface area contributed by atoms with Crippen molar-refractivity contribution in [1.29, 1.82) is 0 Å². The third kappa shape index (κ3) is 32.4. The average molecular weight is 2050 g/mol.